The van der Waals surface area contributed by atoms with Crippen LogP contribution in [0.3, 0.4) is 0 Å². The number of carbonyl (C=O) groups excluding carboxylic acids is 2. The molecule has 0 radical (unpaired) electrons. The van der Waals surface area contributed by atoms with Crippen LogP contribution in [0.1, 0.15) is 33.6 Å². The normalized spacial score (nSPS) is 18.5. The molecule has 2 saturated heterocycles. The zero-order chi connectivity index (χ0) is 19.7. The molecule has 1 spiro atoms. The number of thioether (sulfide) groups is 1. The summed E-state index contributed by atoms with van der Waals surface area (Å²) < 4.78 is 14.5. The molecule has 2 aliphatic heterocycles. The fourth-order valence-electron chi connectivity index (χ4n) is 3.92. The van der Waals surface area contributed by atoms with Crippen molar-refractivity contribution in [1.82, 2.24) is 9.80 Å². The molecule has 28 heavy (non-hydrogen) atoms. The van der Waals surface area contributed by atoms with Gasteiger partial charge in [-0.3, -0.25) is 9.59 Å². The Morgan fingerprint density at radius 1 is 0.964 bits per heavy atom. The van der Waals surface area contributed by atoms with E-state index in [-0.39, 0.29) is 16.7 Å². The molecular weight excluding hydrogens is 443 g/mol. The van der Waals surface area contributed by atoms with Gasteiger partial charge in [0.05, 0.1) is 4.87 Å². The second-order valence-corrected chi connectivity index (χ2v) is 9.43. The number of hydrogen-bond acceptors (Lipinski definition) is 3. The minimum Gasteiger partial charge on any atom is -0.338 e. The predicted octanol–water partition coefficient (Wildman–Crippen LogP) is 4.41. The summed E-state index contributed by atoms with van der Waals surface area (Å²) in [5, 5.41) is 0. The van der Waals surface area contributed by atoms with E-state index in [1.165, 1.54) is 12.1 Å². The van der Waals surface area contributed by atoms with E-state index in [4.69, 9.17) is 0 Å². The van der Waals surface area contributed by atoms with Crippen molar-refractivity contribution in [1.29, 1.82) is 0 Å². The van der Waals surface area contributed by atoms with E-state index in [1.54, 1.807) is 23.9 Å². The van der Waals surface area contributed by atoms with Gasteiger partial charge in [0.15, 0.2) is 0 Å². The fraction of sp³-hybridized carbons (Fsp3) is 0.333. The monoisotopic (exact) mass is 462 g/mol. The standard InChI is InChI=1S/C21H20BrFN2O2S/c22-17-6-4-15(5-7-17)19(26)24-10-8-21(9-11-24)25(12-13-28-21)20(27)16-2-1-3-18(23)14-16/h1-7,14H,8-13H2. The average Bonchev–Trinajstić information content (AvgIpc) is 3.11. The number of halogens is 2. The fourth-order valence-corrected chi connectivity index (χ4v) is 5.64. The van der Waals surface area contributed by atoms with Crippen LogP contribution < -0.4 is 0 Å². The lowest BCUT2D eigenvalue weighted by molar-refractivity contribution is 0.0497. The Kier molecular flexibility index (Phi) is 5.47. The van der Waals surface area contributed by atoms with Gasteiger partial charge in [-0.25, -0.2) is 4.39 Å². The molecule has 2 aromatic carbocycles. The average molecular weight is 463 g/mol. The second-order valence-electron chi connectivity index (χ2n) is 7.06. The zero-order valence-electron chi connectivity index (χ0n) is 15.2. The van der Waals surface area contributed by atoms with Crippen molar-refractivity contribution in [2.24, 2.45) is 0 Å². The van der Waals surface area contributed by atoms with Crippen LogP contribution >= 0.6 is 27.7 Å². The van der Waals surface area contributed by atoms with E-state index in [0.717, 1.165) is 23.1 Å². The van der Waals surface area contributed by atoms with E-state index in [1.807, 2.05) is 34.1 Å². The quantitative estimate of drug-likeness (QED) is 0.663. The van der Waals surface area contributed by atoms with Gasteiger partial charge >= 0.3 is 0 Å². The van der Waals surface area contributed by atoms with Gasteiger partial charge in [0.1, 0.15) is 5.82 Å². The van der Waals surface area contributed by atoms with Gasteiger partial charge in [0.25, 0.3) is 11.8 Å². The molecule has 0 N–H and O–H groups in total. The molecule has 0 aliphatic carbocycles. The van der Waals surface area contributed by atoms with Crippen molar-refractivity contribution in [2.75, 3.05) is 25.4 Å². The number of nitrogens with zero attached hydrogens (tertiary/aromatic N) is 2. The number of amides is 2. The number of carbonyl (C=O) groups is 2. The van der Waals surface area contributed by atoms with E-state index in [9.17, 15) is 14.0 Å². The molecule has 146 valence electrons. The molecule has 2 fully saturated rings. The molecule has 0 bridgehead atoms. The molecule has 2 heterocycles. The van der Waals surface area contributed by atoms with Crippen molar-refractivity contribution in [2.45, 2.75) is 17.7 Å². The third kappa shape index (κ3) is 3.70. The third-order valence-electron chi connectivity index (χ3n) is 5.42. The lowest BCUT2D eigenvalue weighted by Crippen LogP contribution is -2.53. The molecule has 0 saturated carbocycles. The first-order valence-electron chi connectivity index (χ1n) is 9.25. The Morgan fingerprint density at radius 2 is 1.68 bits per heavy atom. The van der Waals surface area contributed by atoms with E-state index in [2.05, 4.69) is 15.9 Å². The van der Waals surface area contributed by atoms with Crippen molar-refractivity contribution in [3.8, 4) is 0 Å². The minimum atomic E-state index is -0.401. The SMILES string of the molecule is O=C(c1ccc(Br)cc1)N1CCC2(CC1)SCCN2C(=O)c1cccc(F)c1. The number of likely N-dealkylation sites (tertiary alicyclic amines) is 1. The maximum absolute atomic E-state index is 13.6. The van der Waals surface area contributed by atoms with Crippen LogP contribution in [0, 0.1) is 5.82 Å². The Bertz CT molecular complexity index is 898. The second kappa shape index (κ2) is 7.87. The Morgan fingerprint density at radius 3 is 2.36 bits per heavy atom. The molecule has 0 aromatic heterocycles. The van der Waals surface area contributed by atoms with Crippen molar-refractivity contribution in [3.63, 3.8) is 0 Å². The zero-order valence-corrected chi connectivity index (χ0v) is 17.6. The highest BCUT2D eigenvalue weighted by atomic mass is 79.9. The molecule has 7 heteroatoms. The summed E-state index contributed by atoms with van der Waals surface area (Å²) in [6.07, 6.45) is 1.45. The molecule has 2 aromatic rings. The smallest absolute Gasteiger partial charge is 0.255 e. The van der Waals surface area contributed by atoms with Gasteiger partial charge in [-0.15, -0.1) is 11.8 Å². The van der Waals surface area contributed by atoms with Crippen molar-refractivity contribution in [3.05, 3.63) is 69.9 Å². The molecule has 2 amide bonds. The van der Waals surface area contributed by atoms with Crippen LogP contribution in [0.15, 0.2) is 53.0 Å². The Balaban J connectivity index is 1.47. The summed E-state index contributed by atoms with van der Waals surface area (Å²) >= 11 is 5.17. The molecule has 4 rings (SSSR count). The number of piperidine rings is 1. The van der Waals surface area contributed by atoms with Gasteiger partial charge in [-0.2, -0.15) is 0 Å². The maximum Gasteiger partial charge on any atom is 0.255 e. The van der Waals surface area contributed by atoms with Crippen LogP contribution in [0.2, 0.25) is 0 Å². The van der Waals surface area contributed by atoms with Crippen molar-refractivity contribution >= 4 is 39.5 Å². The van der Waals surface area contributed by atoms with Gasteiger partial charge in [0.2, 0.25) is 0 Å². The van der Waals surface area contributed by atoms with E-state index in [0.29, 0.717) is 30.8 Å². The summed E-state index contributed by atoms with van der Waals surface area (Å²) in [6, 6.07) is 13.2. The topological polar surface area (TPSA) is 40.6 Å². The summed E-state index contributed by atoms with van der Waals surface area (Å²) in [5.74, 6) is 0.356. The van der Waals surface area contributed by atoms with Crippen LogP contribution in [0.25, 0.3) is 0 Å². The van der Waals surface area contributed by atoms with Crippen LogP contribution in [-0.4, -0.2) is 51.9 Å². The van der Waals surface area contributed by atoms with E-state index >= 15 is 0 Å². The van der Waals surface area contributed by atoms with Crippen LogP contribution in [0.5, 0.6) is 0 Å². The molecule has 0 atom stereocenters. The molecule has 4 nitrogen and oxygen atoms in total. The largest absolute Gasteiger partial charge is 0.338 e. The molecular formula is C21H20BrFN2O2S. The first-order chi connectivity index (χ1) is 13.5. The lowest BCUT2D eigenvalue weighted by Gasteiger charge is -2.44. The predicted molar refractivity (Wildman–Crippen MR) is 112 cm³/mol. The molecule has 0 unspecified atom stereocenters. The number of benzene rings is 2. The molecule has 2 aliphatic rings. The number of rotatable bonds is 2. The maximum atomic E-state index is 13.6. The summed E-state index contributed by atoms with van der Waals surface area (Å²) in [6.45, 7) is 1.87. The lowest BCUT2D eigenvalue weighted by atomic mass is 10.00. The van der Waals surface area contributed by atoms with Gasteiger partial charge < -0.3 is 9.80 Å². The highest BCUT2D eigenvalue weighted by molar-refractivity contribution is 9.10. The van der Waals surface area contributed by atoms with E-state index < -0.39 is 5.82 Å². The van der Waals surface area contributed by atoms with Gasteiger partial charge in [-0.05, 0) is 55.3 Å². The first kappa shape index (κ1) is 19.5. The van der Waals surface area contributed by atoms with Gasteiger partial charge in [-0.1, -0.05) is 22.0 Å². The van der Waals surface area contributed by atoms with Crippen LogP contribution in [-0.2, 0) is 0 Å². The highest BCUT2D eigenvalue weighted by Gasteiger charge is 2.47. The summed E-state index contributed by atoms with van der Waals surface area (Å²) in [5.41, 5.74) is 1.06. The first-order valence-corrected chi connectivity index (χ1v) is 11.0. The summed E-state index contributed by atoms with van der Waals surface area (Å²) in [4.78, 5) is 29.2. The Hall–Kier alpha value is -1.86. The minimum absolute atomic E-state index is 0.0216. The third-order valence-corrected chi connectivity index (χ3v) is 7.50. The highest BCUT2D eigenvalue weighted by Crippen LogP contribution is 2.44. The Labute approximate surface area is 176 Å². The summed E-state index contributed by atoms with van der Waals surface area (Å²) in [7, 11) is 0. The van der Waals surface area contributed by atoms with Crippen molar-refractivity contribution < 1.29 is 14.0 Å². The van der Waals surface area contributed by atoms with Gasteiger partial charge in [0, 0.05) is 41.0 Å². The number of hydrogen-bond donors (Lipinski definition) is 0. The van der Waals surface area contributed by atoms with Crippen LogP contribution in [0.4, 0.5) is 4.39 Å².